The number of sulfonamides is 1. The predicted molar refractivity (Wildman–Crippen MR) is 75.1 cm³/mol. The Morgan fingerprint density at radius 3 is 2.84 bits per heavy atom. The topological polar surface area (TPSA) is 82.0 Å². The summed E-state index contributed by atoms with van der Waals surface area (Å²) in [7, 11) is -3.59. The normalized spacial score (nSPS) is 19.9. The molecule has 1 aliphatic heterocycles. The molecule has 1 fully saturated rings. The maximum absolute atomic E-state index is 12.3. The third-order valence-corrected chi connectivity index (χ3v) is 4.89. The summed E-state index contributed by atoms with van der Waals surface area (Å²) in [5.41, 5.74) is 0.316. The lowest BCUT2D eigenvalue weighted by Crippen LogP contribution is -2.45. The lowest BCUT2D eigenvalue weighted by atomic mass is 10.1. The van der Waals surface area contributed by atoms with Crippen LogP contribution in [0.2, 0.25) is 0 Å². The van der Waals surface area contributed by atoms with E-state index < -0.39 is 10.0 Å². The number of nitrogens with one attached hydrogen (secondary N) is 2. The van der Waals surface area contributed by atoms with Gasteiger partial charge in [0.1, 0.15) is 0 Å². The Morgan fingerprint density at radius 2 is 2.21 bits per heavy atom. The zero-order chi connectivity index (χ0) is 13.9. The van der Waals surface area contributed by atoms with Crippen molar-refractivity contribution in [3.63, 3.8) is 0 Å². The van der Waals surface area contributed by atoms with Gasteiger partial charge in [-0.3, -0.25) is 0 Å². The van der Waals surface area contributed by atoms with Crippen molar-refractivity contribution in [1.29, 1.82) is 5.26 Å². The number of nitriles is 1. The molecule has 1 aliphatic rings. The standard InChI is InChI=1S/C12H14BrN3O2S/c13-10-4-9(7-14)5-12(6-10)19(17,18)16-11-2-1-3-15-8-11/h4-6,11,15-16H,1-3,8H2. The lowest BCUT2D eigenvalue weighted by molar-refractivity contribution is 0.428. The van der Waals surface area contributed by atoms with Crippen LogP contribution in [0.25, 0.3) is 0 Å². The molecule has 0 saturated carbocycles. The van der Waals surface area contributed by atoms with Crippen LogP contribution in [-0.2, 0) is 10.0 Å². The highest BCUT2D eigenvalue weighted by Crippen LogP contribution is 2.20. The fourth-order valence-corrected chi connectivity index (χ4v) is 4.01. The molecule has 7 heteroatoms. The van der Waals surface area contributed by atoms with Gasteiger partial charge in [0.05, 0.1) is 16.5 Å². The van der Waals surface area contributed by atoms with Gasteiger partial charge < -0.3 is 5.32 Å². The molecule has 1 aromatic carbocycles. The molecule has 2 rings (SSSR count). The first-order chi connectivity index (χ1) is 9.01. The molecule has 1 aromatic rings. The molecule has 0 radical (unpaired) electrons. The summed E-state index contributed by atoms with van der Waals surface area (Å²) in [6.07, 6.45) is 1.78. The third kappa shape index (κ3) is 3.76. The molecule has 102 valence electrons. The SMILES string of the molecule is N#Cc1cc(Br)cc(S(=O)(=O)NC2CCCNC2)c1. The zero-order valence-electron chi connectivity index (χ0n) is 10.2. The number of hydrogen-bond donors (Lipinski definition) is 2. The molecule has 5 nitrogen and oxygen atoms in total. The van der Waals surface area contributed by atoms with Crippen molar-refractivity contribution < 1.29 is 8.42 Å². The molecule has 1 saturated heterocycles. The molecule has 0 amide bonds. The highest BCUT2D eigenvalue weighted by atomic mass is 79.9. The van der Waals surface area contributed by atoms with Gasteiger partial charge in [-0.25, -0.2) is 13.1 Å². The number of hydrogen-bond acceptors (Lipinski definition) is 4. The fraction of sp³-hybridized carbons (Fsp3) is 0.417. The van der Waals surface area contributed by atoms with Crippen LogP contribution in [0.4, 0.5) is 0 Å². The van der Waals surface area contributed by atoms with Gasteiger partial charge >= 0.3 is 0 Å². The van der Waals surface area contributed by atoms with E-state index in [1.807, 2.05) is 6.07 Å². The molecule has 0 bridgehead atoms. The monoisotopic (exact) mass is 343 g/mol. The maximum atomic E-state index is 12.3. The Labute approximate surface area is 121 Å². The highest BCUT2D eigenvalue weighted by molar-refractivity contribution is 9.10. The van der Waals surface area contributed by atoms with Crippen LogP contribution in [0.3, 0.4) is 0 Å². The molecule has 2 N–H and O–H groups in total. The zero-order valence-corrected chi connectivity index (χ0v) is 12.6. The summed E-state index contributed by atoms with van der Waals surface area (Å²) in [6.45, 7) is 1.56. The van der Waals surface area contributed by atoms with Crippen LogP contribution in [0.15, 0.2) is 27.6 Å². The van der Waals surface area contributed by atoms with Crippen LogP contribution < -0.4 is 10.0 Å². The second kappa shape index (κ2) is 6.01. The van der Waals surface area contributed by atoms with E-state index in [1.54, 1.807) is 6.07 Å². The Balaban J connectivity index is 2.23. The number of rotatable bonds is 3. The van der Waals surface area contributed by atoms with E-state index in [1.165, 1.54) is 12.1 Å². The number of nitrogens with zero attached hydrogens (tertiary/aromatic N) is 1. The number of halogens is 1. The Kier molecular flexibility index (Phi) is 4.58. The lowest BCUT2D eigenvalue weighted by Gasteiger charge is -2.23. The molecule has 0 aliphatic carbocycles. The minimum absolute atomic E-state index is 0.0942. The van der Waals surface area contributed by atoms with Crippen molar-refractivity contribution >= 4 is 26.0 Å². The number of benzene rings is 1. The van der Waals surface area contributed by atoms with E-state index in [0.717, 1.165) is 19.4 Å². The molecule has 1 atom stereocenters. The van der Waals surface area contributed by atoms with Crippen LogP contribution in [0.1, 0.15) is 18.4 Å². The first-order valence-electron chi connectivity index (χ1n) is 5.95. The summed E-state index contributed by atoms with van der Waals surface area (Å²) in [6, 6.07) is 6.32. The average Bonchev–Trinajstić information content (AvgIpc) is 2.38. The van der Waals surface area contributed by atoms with E-state index in [0.29, 0.717) is 16.6 Å². The summed E-state index contributed by atoms with van der Waals surface area (Å²) in [4.78, 5) is 0.115. The van der Waals surface area contributed by atoms with Crippen LogP contribution in [-0.4, -0.2) is 27.5 Å². The molecule has 0 aromatic heterocycles. The molecule has 0 spiro atoms. The van der Waals surface area contributed by atoms with Crippen molar-refractivity contribution in [3.05, 3.63) is 28.2 Å². The largest absolute Gasteiger partial charge is 0.315 e. The number of piperidine rings is 1. The van der Waals surface area contributed by atoms with Crippen molar-refractivity contribution in [3.8, 4) is 6.07 Å². The van der Waals surface area contributed by atoms with E-state index in [9.17, 15) is 8.42 Å². The van der Waals surface area contributed by atoms with Crippen molar-refractivity contribution in [2.45, 2.75) is 23.8 Å². The van der Waals surface area contributed by atoms with Gasteiger partial charge in [0, 0.05) is 17.1 Å². The smallest absolute Gasteiger partial charge is 0.240 e. The first-order valence-corrected chi connectivity index (χ1v) is 8.22. The van der Waals surface area contributed by atoms with Crippen LogP contribution >= 0.6 is 15.9 Å². The van der Waals surface area contributed by atoms with Gasteiger partial charge in [0.25, 0.3) is 0 Å². The van der Waals surface area contributed by atoms with E-state index >= 15 is 0 Å². The molecular formula is C12H14BrN3O2S. The highest BCUT2D eigenvalue weighted by Gasteiger charge is 2.22. The maximum Gasteiger partial charge on any atom is 0.240 e. The second-order valence-corrected chi connectivity index (χ2v) is 7.08. The Hall–Kier alpha value is -0.940. The summed E-state index contributed by atoms with van der Waals surface area (Å²) in [5, 5.41) is 12.0. The molecule has 1 unspecified atom stereocenters. The average molecular weight is 344 g/mol. The minimum atomic E-state index is -3.59. The summed E-state index contributed by atoms with van der Waals surface area (Å²) >= 11 is 3.22. The van der Waals surface area contributed by atoms with E-state index in [-0.39, 0.29) is 10.9 Å². The van der Waals surface area contributed by atoms with Gasteiger partial charge in [-0.15, -0.1) is 0 Å². The van der Waals surface area contributed by atoms with Gasteiger partial charge in [-0.1, -0.05) is 15.9 Å². The second-order valence-electron chi connectivity index (χ2n) is 4.45. The third-order valence-electron chi connectivity index (χ3n) is 2.93. The van der Waals surface area contributed by atoms with Crippen LogP contribution in [0, 0.1) is 11.3 Å². The summed E-state index contributed by atoms with van der Waals surface area (Å²) in [5.74, 6) is 0. The molecule has 1 heterocycles. The Bertz CT molecular complexity index is 604. The molecule has 19 heavy (non-hydrogen) atoms. The minimum Gasteiger partial charge on any atom is -0.315 e. The van der Waals surface area contributed by atoms with E-state index in [2.05, 4.69) is 26.0 Å². The summed E-state index contributed by atoms with van der Waals surface area (Å²) < 4.78 is 27.8. The van der Waals surface area contributed by atoms with Gasteiger partial charge in [0.2, 0.25) is 10.0 Å². The van der Waals surface area contributed by atoms with Crippen molar-refractivity contribution in [2.24, 2.45) is 0 Å². The van der Waals surface area contributed by atoms with Gasteiger partial charge in [-0.05, 0) is 37.6 Å². The molecular weight excluding hydrogens is 330 g/mol. The van der Waals surface area contributed by atoms with Gasteiger partial charge in [-0.2, -0.15) is 5.26 Å². The van der Waals surface area contributed by atoms with E-state index in [4.69, 9.17) is 5.26 Å². The van der Waals surface area contributed by atoms with Crippen LogP contribution in [0.5, 0.6) is 0 Å². The predicted octanol–water partition coefficient (Wildman–Crippen LogP) is 1.35. The van der Waals surface area contributed by atoms with Crippen molar-refractivity contribution in [2.75, 3.05) is 13.1 Å². The fourth-order valence-electron chi connectivity index (χ4n) is 2.02. The first kappa shape index (κ1) is 14.5. The quantitative estimate of drug-likeness (QED) is 0.867. The van der Waals surface area contributed by atoms with Crippen molar-refractivity contribution in [1.82, 2.24) is 10.0 Å². The Morgan fingerprint density at radius 1 is 1.42 bits per heavy atom. The van der Waals surface area contributed by atoms with Gasteiger partial charge in [0.15, 0.2) is 0 Å².